The van der Waals surface area contributed by atoms with Gasteiger partial charge in [0.05, 0.1) is 24.3 Å². The quantitative estimate of drug-likeness (QED) is 0.911. The van der Waals surface area contributed by atoms with Gasteiger partial charge in [0.25, 0.3) is 5.91 Å². The van der Waals surface area contributed by atoms with Gasteiger partial charge in [-0.15, -0.1) is 0 Å². The maximum atomic E-state index is 12.3. The summed E-state index contributed by atoms with van der Waals surface area (Å²) in [5.74, 6) is 0.355. The fraction of sp³-hybridized carbons (Fsp3) is 0.500. The van der Waals surface area contributed by atoms with Gasteiger partial charge in [0, 0.05) is 13.1 Å². The summed E-state index contributed by atoms with van der Waals surface area (Å²) in [6.45, 7) is 2.91. The summed E-state index contributed by atoms with van der Waals surface area (Å²) in [6, 6.07) is 7.04. The Morgan fingerprint density at radius 3 is 3.05 bits per heavy atom. The summed E-state index contributed by atoms with van der Waals surface area (Å²) in [7, 11) is 0. The van der Waals surface area contributed by atoms with Crippen LogP contribution in [0.4, 0.5) is 0 Å². The molecule has 1 aromatic carbocycles. The summed E-state index contributed by atoms with van der Waals surface area (Å²) in [6.07, 6.45) is -0.951. The number of hydrogen-bond acceptors (Lipinski definition) is 4. The van der Waals surface area contributed by atoms with Gasteiger partial charge < -0.3 is 19.5 Å². The largest absolute Gasteiger partial charge is 0.479 e. The van der Waals surface area contributed by atoms with Crippen molar-refractivity contribution in [3.8, 4) is 5.75 Å². The van der Waals surface area contributed by atoms with E-state index in [4.69, 9.17) is 26.2 Å². The first-order chi connectivity index (χ1) is 9.61. The monoisotopic (exact) mass is 299 g/mol. The van der Waals surface area contributed by atoms with Crippen LogP contribution >= 0.6 is 11.6 Å². The second-order valence-corrected chi connectivity index (χ2v) is 5.06. The summed E-state index contributed by atoms with van der Waals surface area (Å²) in [5.41, 5.74) is 0. The smallest absolute Gasteiger partial charge is 0.263 e. The van der Waals surface area contributed by atoms with E-state index in [1.807, 2.05) is 0 Å². The van der Waals surface area contributed by atoms with E-state index in [0.717, 1.165) is 0 Å². The van der Waals surface area contributed by atoms with Crippen molar-refractivity contribution in [2.24, 2.45) is 0 Å². The highest BCUT2D eigenvalue weighted by Gasteiger charge is 2.28. The van der Waals surface area contributed by atoms with Crippen LogP contribution in [0, 0.1) is 0 Å². The van der Waals surface area contributed by atoms with Gasteiger partial charge in [-0.1, -0.05) is 23.7 Å². The van der Waals surface area contributed by atoms with E-state index in [2.05, 4.69) is 0 Å². The standard InChI is InChI=1S/C14H18ClNO4/c1-10(20-13-5-3-2-4-12(13)15)14(18)16-6-7-19-11(8-16)9-17/h2-5,10-11,17H,6-9H2,1H3. The first-order valence-corrected chi connectivity index (χ1v) is 6.92. The van der Waals surface area contributed by atoms with Gasteiger partial charge in [-0.25, -0.2) is 0 Å². The van der Waals surface area contributed by atoms with Crippen molar-refractivity contribution in [1.82, 2.24) is 4.90 Å². The lowest BCUT2D eigenvalue weighted by atomic mass is 10.2. The van der Waals surface area contributed by atoms with Crippen LogP contribution in [0.2, 0.25) is 5.02 Å². The van der Waals surface area contributed by atoms with E-state index >= 15 is 0 Å². The Balaban J connectivity index is 1.96. The normalized spacial score (nSPS) is 20.6. The summed E-state index contributed by atoms with van der Waals surface area (Å²) < 4.78 is 10.9. The highest BCUT2D eigenvalue weighted by atomic mass is 35.5. The van der Waals surface area contributed by atoms with Crippen molar-refractivity contribution in [2.45, 2.75) is 19.1 Å². The van der Waals surface area contributed by atoms with Crippen molar-refractivity contribution >= 4 is 17.5 Å². The fourth-order valence-electron chi connectivity index (χ4n) is 2.07. The molecule has 1 N–H and O–H groups in total. The molecule has 1 saturated heterocycles. The number of amides is 1. The minimum Gasteiger partial charge on any atom is -0.479 e. The molecule has 1 amide bonds. The molecule has 20 heavy (non-hydrogen) atoms. The number of aliphatic hydroxyl groups excluding tert-OH is 1. The van der Waals surface area contributed by atoms with Gasteiger partial charge in [-0.2, -0.15) is 0 Å². The molecule has 1 heterocycles. The van der Waals surface area contributed by atoms with Crippen LogP contribution in [0.1, 0.15) is 6.92 Å². The number of benzene rings is 1. The Morgan fingerprint density at radius 1 is 1.60 bits per heavy atom. The first-order valence-electron chi connectivity index (χ1n) is 6.54. The van der Waals surface area contributed by atoms with E-state index < -0.39 is 6.10 Å². The van der Waals surface area contributed by atoms with Gasteiger partial charge in [0.15, 0.2) is 6.10 Å². The first kappa shape index (κ1) is 15.1. The van der Waals surface area contributed by atoms with Crippen LogP contribution < -0.4 is 4.74 Å². The van der Waals surface area contributed by atoms with Crippen LogP contribution in [-0.4, -0.2) is 54.4 Å². The number of rotatable bonds is 4. The zero-order chi connectivity index (χ0) is 14.5. The Hall–Kier alpha value is -1.30. The number of halogens is 1. The van der Waals surface area contributed by atoms with Crippen LogP contribution in [0.15, 0.2) is 24.3 Å². The number of carbonyl (C=O) groups excluding carboxylic acids is 1. The number of nitrogens with zero attached hydrogens (tertiary/aromatic N) is 1. The second kappa shape index (κ2) is 6.92. The molecule has 5 nitrogen and oxygen atoms in total. The molecule has 1 aliphatic rings. The minimum atomic E-state index is -0.632. The second-order valence-electron chi connectivity index (χ2n) is 4.65. The van der Waals surface area contributed by atoms with Crippen molar-refractivity contribution in [3.63, 3.8) is 0 Å². The third-order valence-corrected chi connectivity index (χ3v) is 3.45. The molecule has 1 fully saturated rings. The molecule has 0 radical (unpaired) electrons. The topological polar surface area (TPSA) is 59.0 Å². The maximum Gasteiger partial charge on any atom is 0.263 e. The molecule has 0 bridgehead atoms. The molecule has 2 atom stereocenters. The van der Waals surface area contributed by atoms with Gasteiger partial charge in [-0.05, 0) is 19.1 Å². The highest BCUT2D eigenvalue weighted by molar-refractivity contribution is 6.32. The molecule has 1 aliphatic heterocycles. The predicted molar refractivity (Wildman–Crippen MR) is 74.9 cm³/mol. The fourth-order valence-corrected chi connectivity index (χ4v) is 2.25. The van der Waals surface area contributed by atoms with E-state index in [1.165, 1.54) is 0 Å². The van der Waals surface area contributed by atoms with Gasteiger partial charge in [-0.3, -0.25) is 4.79 Å². The summed E-state index contributed by atoms with van der Waals surface area (Å²) in [4.78, 5) is 13.9. The van der Waals surface area contributed by atoms with Gasteiger partial charge in [0.1, 0.15) is 5.75 Å². The molecule has 0 aliphatic carbocycles. The lowest BCUT2D eigenvalue weighted by molar-refractivity contribution is -0.146. The Morgan fingerprint density at radius 2 is 2.35 bits per heavy atom. The molecule has 0 spiro atoms. The Labute approximate surface area is 123 Å². The molecule has 2 unspecified atom stereocenters. The van der Waals surface area contributed by atoms with Crippen molar-refractivity contribution < 1.29 is 19.4 Å². The molecule has 1 aromatic rings. The van der Waals surface area contributed by atoms with Crippen molar-refractivity contribution in [2.75, 3.05) is 26.3 Å². The number of carbonyl (C=O) groups is 1. The average Bonchev–Trinajstić information content (AvgIpc) is 2.48. The molecule has 6 heteroatoms. The lowest BCUT2D eigenvalue weighted by Gasteiger charge is -2.33. The number of hydrogen-bond donors (Lipinski definition) is 1. The van der Waals surface area contributed by atoms with Crippen molar-refractivity contribution in [1.29, 1.82) is 0 Å². The summed E-state index contributed by atoms with van der Waals surface area (Å²) in [5, 5.41) is 9.56. The summed E-state index contributed by atoms with van der Waals surface area (Å²) >= 11 is 6.00. The Kier molecular flexibility index (Phi) is 5.23. The number of ether oxygens (including phenoxy) is 2. The molecule has 0 aromatic heterocycles. The van der Waals surface area contributed by atoms with E-state index in [1.54, 1.807) is 36.1 Å². The average molecular weight is 300 g/mol. The van der Waals surface area contributed by atoms with Gasteiger partial charge >= 0.3 is 0 Å². The van der Waals surface area contributed by atoms with Crippen LogP contribution in [0.25, 0.3) is 0 Å². The van der Waals surface area contributed by atoms with Crippen LogP contribution in [-0.2, 0) is 9.53 Å². The number of morpholine rings is 1. The zero-order valence-electron chi connectivity index (χ0n) is 11.3. The number of aliphatic hydroxyl groups is 1. The number of para-hydroxylation sites is 1. The van der Waals surface area contributed by atoms with E-state index in [-0.39, 0.29) is 18.6 Å². The maximum absolute atomic E-state index is 12.3. The highest BCUT2D eigenvalue weighted by Crippen LogP contribution is 2.24. The zero-order valence-corrected chi connectivity index (χ0v) is 12.0. The van der Waals surface area contributed by atoms with Crippen LogP contribution in [0.3, 0.4) is 0 Å². The third kappa shape index (κ3) is 3.62. The molecule has 110 valence electrons. The Bertz CT molecular complexity index is 468. The minimum absolute atomic E-state index is 0.0937. The van der Waals surface area contributed by atoms with Crippen LogP contribution in [0.5, 0.6) is 5.75 Å². The molecule has 0 saturated carbocycles. The lowest BCUT2D eigenvalue weighted by Crippen LogP contribution is -2.50. The molecular formula is C14H18ClNO4. The van der Waals surface area contributed by atoms with Gasteiger partial charge in [0.2, 0.25) is 0 Å². The van der Waals surface area contributed by atoms with E-state index in [0.29, 0.717) is 30.5 Å². The SMILES string of the molecule is CC(Oc1ccccc1Cl)C(=O)N1CCOC(CO)C1. The molecular weight excluding hydrogens is 282 g/mol. The molecule has 2 rings (SSSR count). The van der Waals surface area contributed by atoms with E-state index in [9.17, 15) is 4.79 Å². The third-order valence-electron chi connectivity index (χ3n) is 3.14. The van der Waals surface area contributed by atoms with Crippen molar-refractivity contribution in [3.05, 3.63) is 29.3 Å². The predicted octanol–water partition coefficient (Wildman–Crippen LogP) is 1.33.